The van der Waals surface area contributed by atoms with Gasteiger partial charge in [0.05, 0.1) is 6.10 Å². The maximum atomic E-state index is 11.9. The van der Waals surface area contributed by atoms with Gasteiger partial charge in [-0.15, -0.1) is 0 Å². The molecule has 0 aromatic heterocycles. The molecule has 1 aromatic carbocycles. The SMILES string of the molecule is CN(C)C(=O)c1cccc2c1CN(C)C2=O.OC1CCNCC12CCCC2. The zero-order valence-corrected chi connectivity index (χ0v) is 16.6. The van der Waals surface area contributed by atoms with Gasteiger partial charge in [0.25, 0.3) is 11.8 Å². The van der Waals surface area contributed by atoms with Crippen molar-refractivity contribution in [1.29, 1.82) is 0 Å². The van der Waals surface area contributed by atoms with Gasteiger partial charge in [0.2, 0.25) is 0 Å². The summed E-state index contributed by atoms with van der Waals surface area (Å²) in [5, 5.41) is 13.2. The number of aliphatic hydroxyl groups excluding tert-OH is 1. The highest BCUT2D eigenvalue weighted by Gasteiger charge is 2.41. The van der Waals surface area contributed by atoms with Gasteiger partial charge in [0.15, 0.2) is 0 Å². The molecule has 1 aliphatic carbocycles. The van der Waals surface area contributed by atoms with Crippen molar-refractivity contribution in [2.75, 3.05) is 34.2 Å². The van der Waals surface area contributed by atoms with E-state index in [1.807, 2.05) is 0 Å². The molecule has 1 unspecified atom stereocenters. The molecule has 0 radical (unpaired) electrons. The van der Waals surface area contributed by atoms with Gasteiger partial charge in [-0.3, -0.25) is 9.59 Å². The van der Waals surface area contributed by atoms with Crippen molar-refractivity contribution in [3.63, 3.8) is 0 Å². The Bertz CT molecular complexity index is 711. The van der Waals surface area contributed by atoms with Crippen LogP contribution in [0.25, 0.3) is 0 Å². The summed E-state index contributed by atoms with van der Waals surface area (Å²) in [6.45, 7) is 2.57. The summed E-state index contributed by atoms with van der Waals surface area (Å²) in [6.07, 6.45) is 6.05. The molecule has 2 heterocycles. The highest BCUT2D eigenvalue weighted by molar-refractivity contribution is 6.04. The number of piperidine rings is 1. The van der Waals surface area contributed by atoms with E-state index in [1.54, 1.807) is 44.2 Å². The van der Waals surface area contributed by atoms with Gasteiger partial charge >= 0.3 is 0 Å². The zero-order chi connectivity index (χ0) is 19.6. The lowest BCUT2D eigenvalue weighted by Gasteiger charge is -2.38. The van der Waals surface area contributed by atoms with Crippen LogP contribution in [0.1, 0.15) is 58.4 Å². The van der Waals surface area contributed by atoms with Crippen LogP contribution in [0.15, 0.2) is 18.2 Å². The molecule has 1 aromatic rings. The topological polar surface area (TPSA) is 72.9 Å². The number of aliphatic hydroxyl groups is 1. The summed E-state index contributed by atoms with van der Waals surface area (Å²) >= 11 is 0. The first kappa shape index (κ1) is 19.8. The Morgan fingerprint density at radius 3 is 2.63 bits per heavy atom. The molecular weight excluding hydrogens is 342 g/mol. The van der Waals surface area contributed by atoms with Crippen LogP contribution in [0.4, 0.5) is 0 Å². The maximum Gasteiger partial charge on any atom is 0.254 e. The molecular formula is C21H31N3O3. The largest absolute Gasteiger partial charge is 0.392 e. The third kappa shape index (κ3) is 3.87. The predicted octanol–water partition coefficient (Wildman–Crippen LogP) is 1.87. The van der Waals surface area contributed by atoms with E-state index in [2.05, 4.69) is 5.32 Å². The number of hydrogen-bond donors (Lipinski definition) is 2. The van der Waals surface area contributed by atoms with Crippen molar-refractivity contribution in [2.45, 2.75) is 44.8 Å². The van der Waals surface area contributed by atoms with Gasteiger partial charge in [-0.1, -0.05) is 18.9 Å². The molecule has 6 nitrogen and oxygen atoms in total. The molecule has 2 amide bonds. The molecule has 1 saturated heterocycles. The summed E-state index contributed by atoms with van der Waals surface area (Å²) in [4.78, 5) is 26.8. The third-order valence-electron chi connectivity index (χ3n) is 6.16. The Morgan fingerprint density at radius 2 is 2.00 bits per heavy atom. The number of nitrogens with zero attached hydrogens (tertiary/aromatic N) is 2. The van der Waals surface area contributed by atoms with E-state index < -0.39 is 0 Å². The molecule has 2 aliphatic heterocycles. The number of nitrogens with one attached hydrogen (secondary N) is 1. The summed E-state index contributed by atoms with van der Waals surface area (Å²) in [5.41, 5.74) is 2.39. The lowest BCUT2D eigenvalue weighted by atomic mass is 9.77. The summed E-state index contributed by atoms with van der Waals surface area (Å²) < 4.78 is 0. The fourth-order valence-corrected chi connectivity index (χ4v) is 4.50. The van der Waals surface area contributed by atoms with E-state index >= 15 is 0 Å². The Kier molecular flexibility index (Phi) is 5.86. The molecule has 1 spiro atoms. The molecule has 4 rings (SSSR count). The maximum absolute atomic E-state index is 11.9. The van der Waals surface area contributed by atoms with E-state index in [0.717, 1.165) is 25.1 Å². The fraction of sp³-hybridized carbons (Fsp3) is 0.619. The molecule has 1 saturated carbocycles. The minimum absolute atomic E-state index is 0.0107. The standard InChI is InChI=1S/C12H14N2O2.C9H17NO/c1-13(2)11(15)8-5-4-6-9-10(8)7-14(3)12(9)16;11-8-3-6-10-7-9(8)4-1-2-5-9/h4-6H,7H2,1-3H3;8,10-11H,1-7H2. The third-order valence-corrected chi connectivity index (χ3v) is 6.16. The minimum Gasteiger partial charge on any atom is -0.392 e. The number of fused-ring (bicyclic) bond motifs is 1. The van der Waals surface area contributed by atoms with Gasteiger partial charge in [-0.05, 0) is 43.5 Å². The fourth-order valence-electron chi connectivity index (χ4n) is 4.50. The van der Waals surface area contributed by atoms with Crippen LogP contribution in [-0.2, 0) is 6.54 Å². The van der Waals surface area contributed by atoms with Crippen LogP contribution in [0.5, 0.6) is 0 Å². The van der Waals surface area contributed by atoms with E-state index in [1.165, 1.54) is 30.6 Å². The van der Waals surface area contributed by atoms with E-state index in [4.69, 9.17) is 0 Å². The Labute approximate surface area is 161 Å². The molecule has 148 valence electrons. The van der Waals surface area contributed by atoms with Gasteiger partial charge < -0.3 is 20.2 Å². The molecule has 0 bridgehead atoms. The molecule has 3 aliphatic rings. The van der Waals surface area contributed by atoms with E-state index in [9.17, 15) is 14.7 Å². The van der Waals surface area contributed by atoms with E-state index in [-0.39, 0.29) is 23.3 Å². The van der Waals surface area contributed by atoms with Crippen LogP contribution in [-0.4, -0.2) is 67.1 Å². The van der Waals surface area contributed by atoms with Crippen molar-refractivity contribution in [2.24, 2.45) is 5.41 Å². The van der Waals surface area contributed by atoms with Crippen LogP contribution >= 0.6 is 0 Å². The monoisotopic (exact) mass is 373 g/mol. The van der Waals surface area contributed by atoms with Crippen molar-refractivity contribution in [1.82, 2.24) is 15.1 Å². The number of carbonyl (C=O) groups is 2. The van der Waals surface area contributed by atoms with Crippen molar-refractivity contribution in [3.8, 4) is 0 Å². The second-order valence-corrected chi connectivity index (χ2v) is 8.24. The quantitative estimate of drug-likeness (QED) is 0.788. The van der Waals surface area contributed by atoms with Crippen molar-refractivity contribution < 1.29 is 14.7 Å². The first-order chi connectivity index (χ1) is 12.9. The number of rotatable bonds is 1. The number of carbonyl (C=O) groups excluding carboxylic acids is 2. The average molecular weight is 373 g/mol. The molecule has 2 N–H and O–H groups in total. The van der Waals surface area contributed by atoms with Crippen molar-refractivity contribution >= 4 is 11.8 Å². The summed E-state index contributed by atoms with van der Waals surface area (Å²) in [6, 6.07) is 5.30. The smallest absolute Gasteiger partial charge is 0.254 e. The van der Waals surface area contributed by atoms with Crippen molar-refractivity contribution in [3.05, 3.63) is 34.9 Å². The van der Waals surface area contributed by atoms with Crippen LogP contribution < -0.4 is 5.32 Å². The number of amides is 2. The van der Waals surface area contributed by atoms with Crippen LogP contribution in [0.2, 0.25) is 0 Å². The highest BCUT2D eigenvalue weighted by atomic mass is 16.3. The van der Waals surface area contributed by atoms with Gasteiger partial charge in [0, 0.05) is 50.8 Å². The molecule has 1 atom stereocenters. The van der Waals surface area contributed by atoms with E-state index in [0.29, 0.717) is 17.7 Å². The Morgan fingerprint density at radius 1 is 1.30 bits per heavy atom. The first-order valence-corrected chi connectivity index (χ1v) is 9.83. The molecule has 6 heteroatoms. The summed E-state index contributed by atoms with van der Waals surface area (Å²) in [5.74, 6) is -0.0663. The van der Waals surface area contributed by atoms with Crippen LogP contribution in [0.3, 0.4) is 0 Å². The van der Waals surface area contributed by atoms with Crippen LogP contribution in [0, 0.1) is 5.41 Å². The number of hydrogen-bond acceptors (Lipinski definition) is 4. The van der Waals surface area contributed by atoms with Gasteiger partial charge in [-0.25, -0.2) is 0 Å². The molecule has 27 heavy (non-hydrogen) atoms. The summed E-state index contributed by atoms with van der Waals surface area (Å²) in [7, 11) is 5.16. The second kappa shape index (κ2) is 7.98. The highest BCUT2D eigenvalue weighted by Crippen LogP contribution is 2.42. The normalized spacial score (nSPS) is 23.0. The first-order valence-electron chi connectivity index (χ1n) is 9.83. The second-order valence-electron chi connectivity index (χ2n) is 8.24. The number of benzene rings is 1. The van der Waals surface area contributed by atoms with Gasteiger partial charge in [0.1, 0.15) is 0 Å². The average Bonchev–Trinajstić information content (AvgIpc) is 3.24. The molecule has 2 fully saturated rings. The lowest BCUT2D eigenvalue weighted by Crippen LogP contribution is -2.48. The minimum atomic E-state index is -0.0556. The lowest BCUT2D eigenvalue weighted by molar-refractivity contribution is 0.00364. The Hall–Kier alpha value is -1.92. The predicted molar refractivity (Wildman–Crippen MR) is 105 cm³/mol. The zero-order valence-electron chi connectivity index (χ0n) is 16.6. The van der Waals surface area contributed by atoms with Gasteiger partial charge in [-0.2, -0.15) is 0 Å². The Balaban J connectivity index is 0.000000166.